The molecule has 0 radical (unpaired) electrons. The van der Waals surface area contributed by atoms with E-state index in [4.69, 9.17) is 0 Å². The van der Waals surface area contributed by atoms with Crippen molar-refractivity contribution in [2.24, 2.45) is 11.3 Å². The monoisotopic (exact) mass is 129 g/mol. The highest BCUT2D eigenvalue weighted by atomic mass is 16.3. The fourth-order valence-electron chi connectivity index (χ4n) is 1.08. The van der Waals surface area contributed by atoms with E-state index in [0.29, 0.717) is 5.92 Å². The summed E-state index contributed by atoms with van der Waals surface area (Å²) in [7, 11) is 0. The molecule has 0 aromatic heterocycles. The normalized spacial score (nSPS) is 41.3. The molecule has 0 aromatic rings. The molecule has 2 unspecified atom stereocenters. The molecule has 1 aliphatic heterocycles. The van der Waals surface area contributed by atoms with E-state index in [1.807, 2.05) is 0 Å². The summed E-state index contributed by atoms with van der Waals surface area (Å²) in [6.45, 7) is 7.27. The fourth-order valence-corrected chi connectivity index (χ4v) is 1.08. The van der Waals surface area contributed by atoms with Crippen LogP contribution < -0.4 is 5.32 Å². The van der Waals surface area contributed by atoms with Crippen LogP contribution >= 0.6 is 0 Å². The summed E-state index contributed by atoms with van der Waals surface area (Å²) in [5.74, 6) is 0.576. The standard InChI is InChI=1S/C7H15NO/c1-5-4-8-6(9)7(5,2)3/h5-6,8-9H,4H2,1-3H3. The van der Waals surface area contributed by atoms with Crippen LogP contribution in [-0.4, -0.2) is 17.9 Å². The minimum absolute atomic E-state index is 0.0556. The number of hydrogen-bond acceptors (Lipinski definition) is 2. The van der Waals surface area contributed by atoms with Crippen molar-refractivity contribution in [1.82, 2.24) is 5.32 Å². The maximum absolute atomic E-state index is 9.32. The highest BCUT2D eigenvalue weighted by Crippen LogP contribution is 2.33. The zero-order valence-corrected chi connectivity index (χ0v) is 6.31. The van der Waals surface area contributed by atoms with Crippen molar-refractivity contribution >= 4 is 0 Å². The molecule has 0 amide bonds. The third kappa shape index (κ3) is 0.970. The number of hydrogen-bond donors (Lipinski definition) is 2. The molecule has 54 valence electrons. The van der Waals surface area contributed by atoms with Crippen molar-refractivity contribution in [2.75, 3.05) is 6.54 Å². The quantitative estimate of drug-likeness (QED) is 0.501. The average Bonchev–Trinajstić information content (AvgIpc) is 1.96. The van der Waals surface area contributed by atoms with Crippen LogP contribution in [0.3, 0.4) is 0 Å². The fraction of sp³-hybridized carbons (Fsp3) is 1.00. The minimum Gasteiger partial charge on any atom is -0.378 e. The summed E-state index contributed by atoms with van der Waals surface area (Å²) >= 11 is 0. The predicted octanol–water partition coefficient (Wildman–Crippen LogP) is 0.570. The highest BCUT2D eigenvalue weighted by Gasteiger charge is 2.38. The number of aliphatic hydroxyl groups excluding tert-OH is 1. The third-order valence-electron chi connectivity index (χ3n) is 2.59. The van der Waals surface area contributed by atoms with Gasteiger partial charge in [-0.15, -0.1) is 0 Å². The van der Waals surface area contributed by atoms with Gasteiger partial charge in [0.05, 0.1) is 0 Å². The van der Waals surface area contributed by atoms with Gasteiger partial charge in [0, 0.05) is 12.0 Å². The zero-order valence-electron chi connectivity index (χ0n) is 6.31. The molecular formula is C7H15NO. The van der Waals surface area contributed by atoms with Gasteiger partial charge in [0.2, 0.25) is 0 Å². The van der Waals surface area contributed by atoms with Crippen LogP contribution in [0, 0.1) is 11.3 Å². The molecule has 1 heterocycles. The molecule has 2 heteroatoms. The van der Waals surface area contributed by atoms with Crippen molar-refractivity contribution in [2.45, 2.75) is 27.0 Å². The third-order valence-corrected chi connectivity index (χ3v) is 2.59. The molecule has 9 heavy (non-hydrogen) atoms. The van der Waals surface area contributed by atoms with E-state index in [9.17, 15) is 5.11 Å². The van der Waals surface area contributed by atoms with E-state index >= 15 is 0 Å². The molecule has 0 saturated carbocycles. The van der Waals surface area contributed by atoms with Crippen molar-refractivity contribution in [3.8, 4) is 0 Å². The smallest absolute Gasteiger partial charge is 0.110 e. The Hall–Kier alpha value is -0.0800. The summed E-state index contributed by atoms with van der Waals surface area (Å²) < 4.78 is 0. The van der Waals surface area contributed by atoms with E-state index in [1.54, 1.807) is 0 Å². The largest absolute Gasteiger partial charge is 0.378 e. The maximum atomic E-state index is 9.32. The van der Waals surface area contributed by atoms with Gasteiger partial charge >= 0.3 is 0 Å². The minimum atomic E-state index is -0.313. The lowest BCUT2D eigenvalue weighted by atomic mass is 9.82. The Labute approximate surface area is 56.3 Å². The summed E-state index contributed by atoms with van der Waals surface area (Å²) in [6.07, 6.45) is -0.313. The van der Waals surface area contributed by atoms with Crippen LogP contribution in [0.1, 0.15) is 20.8 Å². The predicted molar refractivity (Wildman–Crippen MR) is 37.0 cm³/mol. The molecule has 0 aliphatic carbocycles. The van der Waals surface area contributed by atoms with Crippen molar-refractivity contribution in [1.29, 1.82) is 0 Å². The Balaban J connectivity index is 2.66. The molecule has 0 spiro atoms. The molecule has 2 atom stereocenters. The Bertz CT molecular complexity index is 99.5. The van der Waals surface area contributed by atoms with Gasteiger partial charge in [-0.3, -0.25) is 5.32 Å². The molecule has 2 N–H and O–H groups in total. The van der Waals surface area contributed by atoms with Crippen molar-refractivity contribution < 1.29 is 5.11 Å². The molecule has 1 aliphatic rings. The average molecular weight is 129 g/mol. The van der Waals surface area contributed by atoms with Crippen LogP contribution in [0.25, 0.3) is 0 Å². The first-order valence-corrected chi connectivity index (χ1v) is 3.46. The van der Waals surface area contributed by atoms with Crippen molar-refractivity contribution in [3.63, 3.8) is 0 Å². The van der Waals surface area contributed by atoms with Gasteiger partial charge < -0.3 is 5.11 Å². The second-order valence-corrected chi connectivity index (χ2v) is 3.53. The Morgan fingerprint density at radius 2 is 2.11 bits per heavy atom. The van der Waals surface area contributed by atoms with Gasteiger partial charge in [-0.05, 0) is 5.92 Å². The first-order valence-electron chi connectivity index (χ1n) is 3.46. The summed E-state index contributed by atoms with van der Waals surface area (Å²) in [5, 5.41) is 12.3. The SMILES string of the molecule is CC1CNC(O)C1(C)C. The van der Waals surface area contributed by atoms with Gasteiger partial charge in [-0.25, -0.2) is 0 Å². The second kappa shape index (κ2) is 1.96. The van der Waals surface area contributed by atoms with Crippen LogP contribution in [-0.2, 0) is 0 Å². The molecule has 1 rings (SSSR count). The summed E-state index contributed by atoms with van der Waals surface area (Å²) in [6, 6.07) is 0. The van der Waals surface area contributed by atoms with Crippen LogP contribution in [0.5, 0.6) is 0 Å². The molecule has 0 aromatic carbocycles. The Kier molecular flexibility index (Phi) is 1.53. The highest BCUT2D eigenvalue weighted by molar-refractivity contribution is 4.88. The van der Waals surface area contributed by atoms with Crippen LogP contribution in [0.2, 0.25) is 0 Å². The van der Waals surface area contributed by atoms with Crippen LogP contribution in [0.4, 0.5) is 0 Å². The lowest BCUT2D eigenvalue weighted by Crippen LogP contribution is -2.33. The molecular weight excluding hydrogens is 114 g/mol. The maximum Gasteiger partial charge on any atom is 0.110 e. The van der Waals surface area contributed by atoms with E-state index in [2.05, 4.69) is 26.1 Å². The van der Waals surface area contributed by atoms with Crippen LogP contribution in [0.15, 0.2) is 0 Å². The van der Waals surface area contributed by atoms with Gasteiger partial charge in [-0.2, -0.15) is 0 Å². The first-order chi connectivity index (χ1) is 4.05. The number of nitrogens with one attached hydrogen (secondary N) is 1. The van der Waals surface area contributed by atoms with E-state index in [-0.39, 0.29) is 11.6 Å². The number of rotatable bonds is 0. The zero-order chi connectivity index (χ0) is 7.07. The number of aliphatic hydroxyl groups is 1. The summed E-state index contributed by atoms with van der Waals surface area (Å²) in [5.41, 5.74) is 0.0556. The summed E-state index contributed by atoms with van der Waals surface area (Å²) in [4.78, 5) is 0. The van der Waals surface area contributed by atoms with Crippen molar-refractivity contribution in [3.05, 3.63) is 0 Å². The topological polar surface area (TPSA) is 32.3 Å². The van der Waals surface area contributed by atoms with E-state index in [1.165, 1.54) is 0 Å². The lowest BCUT2D eigenvalue weighted by Gasteiger charge is -2.25. The molecule has 2 nitrogen and oxygen atoms in total. The lowest BCUT2D eigenvalue weighted by molar-refractivity contribution is 0.0453. The van der Waals surface area contributed by atoms with Gasteiger partial charge in [0.15, 0.2) is 0 Å². The van der Waals surface area contributed by atoms with E-state index < -0.39 is 0 Å². The molecule has 1 fully saturated rings. The molecule has 1 saturated heterocycles. The Morgan fingerprint density at radius 3 is 2.22 bits per heavy atom. The Morgan fingerprint density at radius 1 is 1.56 bits per heavy atom. The van der Waals surface area contributed by atoms with E-state index in [0.717, 1.165) is 6.54 Å². The first kappa shape index (κ1) is 7.03. The van der Waals surface area contributed by atoms with Gasteiger partial charge in [0.1, 0.15) is 6.23 Å². The van der Waals surface area contributed by atoms with Gasteiger partial charge in [-0.1, -0.05) is 20.8 Å². The molecule has 0 bridgehead atoms. The van der Waals surface area contributed by atoms with Gasteiger partial charge in [0.25, 0.3) is 0 Å². The second-order valence-electron chi connectivity index (χ2n) is 3.53.